The number of thioether (sulfide) groups is 1. The lowest BCUT2D eigenvalue weighted by Gasteiger charge is -2.09. The quantitative estimate of drug-likeness (QED) is 0.926. The van der Waals surface area contributed by atoms with Crippen LogP contribution >= 0.6 is 23.4 Å². The van der Waals surface area contributed by atoms with E-state index in [0.717, 1.165) is 17.9 Å². The number of rotatable bonds is 3. The van der Waals surface area contributed by atoms with Gasteiger partial charge >= 0.3 is 0 Å². The number of benzene rings is 1. The Hall–Kier alpha value is -1.20. The number of carbonyl (C=O) groups is 1. The molecule has 4 nitrogen and oxygen atoms in total. The standard InChI is InChI=1S/C12H13ClN2O2S/c1-8-6-9(13)2-3-10(8)17-7-11(16)15-12-14-4-5-18-12/h2-3,6H,4-5,7H2,1H3,(H,14,15,16). The topological polar surface area (TPSA) is 50.7 Å². The fourth-order valence-electron chi connectivity index (χ4n) is 1.48. The molecular formula is C12H13ClN2O2S. The van der Waals surface area contributed by atoms with Crippen molar-refractivity contribution in [2.45, 2.75) is 6.92 Å². The van der Waals surface area contributed by atoms with Crippen molar-refractivity contribution in [3.05, 3.63) is 28.8 Å². The van der Waals surface area contributed by atoms with E-state index in [4.69, 9.17) is 16.3 Å². The van der Waals surface area contributed by atoms with Crippen LogP contribution < -0.4 is 10.1 Å². The number of nitrogens with zero attached hydrogens (tertiary/aromatic N) is 1. The van der Waals surface area contributed by atoms with Crippen molar-refractivity contribution in [1.29, 1.82) is 0 Å². The van der Waals surface area contributed by atoms with E-state index in [-0.39, 0.29) is 12.5 Å². The van der Waals surface area contributed by atoms with Gasteiger partial charge in [-0.3, -0.25) is 9.79 Å². The van der Waals surface area contributed by atoms with Crippen molar-refractivity contribution in [2.24, 2.45) is 4.99 Å². The van der Waals surface area contributed by atoms with E-state index in [1.807, 2.05) is 6.92 Å². The fourth-order valence-corrected chi connectivity index (χ4v) is 2.46. The Balaban J connectivity index is 1.85. The summed E-state index contributed by atoms with van der Waals surface area (Å²) >= 11 is 7.38. The van der Waals surface area contributed by atoms with Crippen LogP contribution in [0.3, 0.4) is 0 Å². The van der Waals surface area contributed by atoms with Crippen LogP contribution in [0.2, 0.25) is 5.02 Å². The molecule has 18 heavy (non-hydrogen) atoms. The highest BCUT2D eigenvalue weighted by Gasteiger charge is 2.11. The molecule has 0 saturated carbocycles. The number of aliphatic imine (C=N–C) groups is 1. The summed E-state index contributed by atoms with van der Waals surface area (Å²) in [6, 6.07) is 5.29. The van der Waals surface area contributed by atoms with Crippen molar-refractivity contribution in [1.82, 2.24) is 5.32 Å². The first-order valence-electron chi connectivity index (χ1n) is 5.51. The molecule has 1 aliphatic rings. The number of carbonyl (C=O) groups excluding carboxylic acids is 1. The molecule has 1 aromatic rings. The third-order valence-electron chi connectivity index (χ3n) is 2.33. The third kappa shape index (κ3) is 3.65. The Morgan fingerprint density at radius 2 is 2.44 bits per heavy atom. The fraction of sp³-hybridized carbons (Fsp3) is 0.333. The Bertz CT molecular complexity index is 491. The largest absolute Gasteiger partial charge is 0.483 e. The molecule has 1 aromatic carbocycles. The number of amides is 1. The molecule has 0 bridgehead atoms. The van der Waals surface area contributed by atoms with Crippen LogP contribution in [0.5, 0.6) is 5.75 Å². The summed E-state index contributed by atoms with van der Waals surface area (Å²) in [5.41, 5.74) is 0.905. The van der Waals surface area contributed by atoms with Gasteiger partial charge in [0.2, 0.25) is 0 Å². The van der Waals surface area contributed by atoms with Crippen LogP contribution in [0.25, 0.3) is 0 Å². The molecular weight excluding hydrogens is 272 g/mol. The highest BCUT2D eigenvalue weighted by Crippen LogP contribution is 2.21. The smallest absolute Gasteiger partial charge is 0.263 e. The van der Waals surface area contributed by atoms with Gasteiger partial charge in [0.25, 0.3) is 5.91 Å². The Labute approximate surface area is 115 Å². The van der Waals surface area contributed by atoms with Crippen LogP contribution in [-0.2, 0) is 4.79 Å². The van der Waals surface area contributed by atoms with Crippen LogP contribution in [0.1, 0.15) is 5.56 Å². The monoisotopic (exact) mass is 284 g/mol. The SMILES string of the molecule is Cc1cc(Cl)ccc1OCC(=O)NC1=NCCS1. The summed E-state index contributed by atoms with van der Waals surface area (Å²) in [5.74, 6) is 1.39. The number of halogens is 1. The van der Waals surface area contributed by atoms with Crippen LogP contribution in [0.4, 0.5) is 0 Å². The average molecular weight is 285 g/mol. The zero-order valence-corrected chi connectivity index (χ0v) is 11.5. The number of hydrogen-bond donors (Lipinski definition) is 1. The zero-order chi connectivity index (χ0) is 13.0. The Morgan fingerprint density at radius 3 is 3.11 bits per heavy atom. The second-order valence-electron chi connectivity index (χ2n) is 3.78. The maximum Gasteiger partial charge on any atom is 0.263 e. The van der Waals surface area contributed by atoms with Gasteiger partial charge in [0.15, 0.2) is 11.8 Å². The van der Waals surface area contributed by atoms with Gasteiger partial charge in [-0.15, -0.1) is 0 Å². The number of hydrogen-bond acceptors (Lipinski definition) is 4. The Kier molecular flexibility index (Phi) is 4.49. The molecule has 1 amide bonds. The molecule has 0 fully saturated rings. The molecule has 0 spiro atoms. The van der Waals surface area contributed by atoms with Crippen LogP contribution in [0, 0.1) is 6.92 Å². The van der Waals surface area contributed by atoms with Crippen LogP contribution in [0.15, 0.2) is 23.2 Å². The minimum Gasteiger partial charge on any atom is -0.483 e. The molecule has 0 aliphatic carbocycles. The highest BCUT2D eigenvalue weighted by molar-refractivity contribution is 8.14. The van der Waals surface area contributed by atoms with Gasteiger partial charge < -0.3 is 10.1 Å². The summed E-state index contributed by atoms with van der Waals surface area (Å²) in [6.45, 7) is 2.62. The minimum absolute atomic E-state index is 0.0257. The van der Waals surface area contributed by atoms with Gasteiger partial charge in [-0.05, 0) is 30.7 Å². The molecule has 1 heterocycles. The van der Waals surface area contributed by atoms with E-state index in [0.29, 0.717) is 15.9 Å². The van der Waals surface area contributed by atoms with E-state index >= 15 is 0 Å². The number of aryl methyl sites for hydroxylation is 1. The minimum atomic E-state index is -0.197. The maximum atomic E-state index is 11.6. The average Bonchev–Trinajstić information content (AvgIpc) is 2.80. The molecule has 1 N–H and O–H groups in total. The molecule has 0 aromatic heterocycles. The van der Waals surface area contributed by atoms with E-state index in [1.165, 1.54) is 0 Å². The van der Waals surface area contributed by atoms with Crippen molar-refractivity contribution in [2.75, 3.05) is 18.9 Å². The van der Waals surface area contributed by atoms with E-state index in [2.05, 4.69) is 10.3 Å². The summed E-state index contributed by atoms with van der Waals surface area (Å²) in [4.78, 5) is 15.7. The van der Waals surface area contributed by atoms with Gasteiger partial charge in [0.1, 0.15) is 5.75 Å². The summed E-state index contributed by atoms with van der Waals surface area (Å²) in [6.07, 6.45) is 0. The van der Waals surface area contributed by atoms with Crippen molar-refractivity contribution in [3.8, 4) is 5.75 Å². The van der Waals surface area contributed by atoms with E-state index < -0.39 is 0 Å². The number of amidine groups is 1. The molecule has 1 aliphatic heterocycles. The lowest BCUT2D eigenvalue weighted by molar-refractivity contribution is -0.121. The third-order valence-corrected chi connectivity index (χ3v) is 3.45. The van der Waals surface area contributed by atoms with Gasteiger partial charge in [0, 0.05) is 10.8 Å². The first-order chi connectivity index (χ1) is 8.65. The van der Waals surface area contributed by atoms with Gasteiger partial charge in [-0.1, -0.05) is 23.4 Å². The van der Waals surface area contributed by atoms with E-state index in [1.54, 1.807) is 30.0 Å². The second-order valence-corrected chi connectivity index (χ2v) is 5.30. The predicted molar refractivity (Wildman–Crippen MR) is 74.6 cm³/mol. The van der Waals surface area contributed by atoms with Crippen molar-refractivity contribution >= 4 is 34.4 Å². The molecule has 0 unspecified atom stereocenters. The lowest BCUT2D eigenvalue weighted by atomic mass is 10.2. The predicted octanol–water partition coefficient (Wildman–Crippen LogP) is 2.25. The summed E-state index contributed by atoms with van der Waals surface area (Å²) in [5, 5.41) is 4.03. The van der Waals surface area contributed by atoms with Gasteiger partial charge in [-0.25, -0.2) is 0 Å². The Morgan fingerprint density at radius 1 is 1.61 bits per heavy atom. The lowest BCUT2D eigenvalue weighted by Crippen LogP contribution is -2.32. The first-order valence-corrected chi connectivity index (χ1v) is 6.87. The molecule has 0 saturated heterocycles. The molecule has 0 atom stereocenters. The normalized spacial score (nSPS) is 14.2. The van der Waals surface area contributed by atoms with Crippen molar-refractivity contribution in [3.63, 3.8) is 0 Å². The molecule has 2 rings (SSSR count). The molecule has 6 heteroatoms. The maximum absolute atomic E-state index is 11.6. The number of ether oxygens (including phenoxy) is 1. The summed E-state index contributed by atoms with van der Waals surface area (Å²) < 4.78 is 5.43. The second kappa shape index (κ2) is 6.11. The zero-order valence-electron chi connectivity index (χ0n) is 9.90. The number of nitrogens with one attached hydrogen (secondary N) is 1. The van der Waals surface area contributed by atoms with Crippen LogP contribution in [-0.4, -0.2) is 30.0 Å². The molecule has 96 valence electrons. The highest BCUT2D eigenvalue weighted by atomic mass is 35.5. The van der Waals surface area contributed by atoms with E-state index in [9.17, 15) is 4.79 Å². The first kappa shape index (κ1) is 13.2. The molecule has 0 radical (unpaired) electrons. The van der Waals surface area contributed by atoms with Crippen molar-refractivity contribution < 1.29 is 9.53 Å². The summed E-state index contributed by atoms with van der Waals surface area (Å²) in [7, 11) is 0. The van der Waals surface area contributed by atoms with Gasteiger partial charge in [-0.2, -0.15) is 0 Å². The van der Waals surface area contributed by atoms with Gasteiger partial charge in [0.05, 0.1) is 6.54 Å².